The minimum atomic E-state index is -1.15. The van der Waals surface area contributed by atoms with Gasteiger partial charge in [0.15, 0.2) is 0 Å². The Hall–Kier alpha value is -3.67. The number of benzene rings is 2. The molecule has 3 aromatic rings. The van der Waals surface area contributed by atoms with Gasteiger partial charge in [0.2, 0.25) is 0 Å². The number of anilines is 1. The van der Waals surface area contributed by atoms with Crippen molar-refractivity contribution in [2.24, 2.45) is 0 Å². The molecule has 2 N–H and O–H groups in total. The van der Waals surface area contributed by atoms with Gasteiger partial charge in [-0.25, -0.2) is 4.79 Å². The molecular formula is C24H25N3O3. The lowest BCUT2D eigenvalue weighted by Crippen LogP contribution is -2.50. The molecule has 0 fully saturated rings. The average molecular weight is 403 g/mol. The highest BCUT2D eigenvalue weighted by Crippen LogP contribution is 2.30. The molecule has 2 amide bonds. The molecule has 1 atom stereocenters. The summed E-state index contributed by atoms with van der Waals surface area (Å²) in [5.41, 5.74) is 2.46. The third-order valence-corrected chi connectivity index (χ3v) is 4.72. The van der Waals surface area contributed by atoms with Gasteiger partial charge < -0.3 is 10.4 Å². The zero-order chi connectivity index (χ0) is 21.7. The molecule has 3 rings (SSSR count). The van der Waals surface area contributed by atoms with E-state index in [1.54, 1.807) is 69.6 Å². The van der Waals surface area contributed by atoms with Crippen molar-refractivity contribution in [3.05, 3.63) is 84.7 Å². The van der Waals surface area contributed by atoms with E-state index >= 15 is 0 Å². The Morgan fingerprint density at radius 3 is 2.00 bits per heavy atom. The molecule has 0 saturated carbocycles. The Bertz CT molecular complexity index is 997. The van der Waals surface area contributed by atoms with Crippen molar-refractivity contribution in [2.45, 2.75) is 32.4 Å². The van der Waals surface area contributed by atoms with Crippen LogP contribution in [0.4, 0.5) is 10.5 Å². The Kier molecular flexibility index (Phi) is 6.16. The van der Waals surface area contributed by atoms with Gasteiger partial charge in [-0.05, 0) is 61.7 Å². The molecule has 6 nitrogen and oxygen atoms in total. The van der Waals surface area contributed by atoms with Gasteiger partial charge in [0.1, 0.15) is 6.04 Å². The molecule has 1 heterocycles. The molecule has 30 heavy (non-hydrogen) atoms. The molecular weight excluding hydrogens is 378 g/mol. The molecule has 0 saturated heterocycles. The van der Waals surface area contributed by atoms with E-state index in [0.717, 1.165) is 11.1 Å². The first kappa shape index (κ1) is 21.0. The van der Waals surface area contributed by atoms with Crippen molar-refractivity contribution in [2.75, 3.05) is 5.32 Å². The molecule has 0 spiro atoms. The number of carboxylic acid groups (broad SMARTS) is 1. The number of nitrogens with zero attached hydrogens (tertiary/aromatic N) is 2. The number of carbonyl (C=O) groups excluding carboxylic acids is 1. The maximum absolute atomic E-state index is 13.2. The lowest BCUT2D eigenvalue weighted by molar-refractivity contribution is -0.122. The Morgan fingerprint density at radius 1 is 0.900 bits per heavy atom. The van der Waals surface area contributed by atoms with E-state index in [1.165, 1.54) is 4.90 Å². The summed E-state index contributed by atoms with van der Waals surface area (Å²) in [7, 11) is 0. The highest BCUT2D eigenvalue weighted by Gasteiger charge is 2.38. The monoisotopic (exact) mass is 403 g/mol. The Morgan fingerprint density at radius 2 is 1.47 bits per heavy atom. The van der Waals surface area contributed by atoms with Crippen LogP contribution in [0.2, 0.25) is 0 Å². The predicted molar refractivity (Wildman–Crippen MR) is 117 cm³/mol. The van der Waals surface area contributed by atoms with Crippen molar-refractivity contribution in [1.82, 2.24) is 9.88 Å². The summed E-state index contributed by atoms with van der Waals surface area (Å²) >= 11 is 0. The van der Waals surface area contributed by atoms with Gasteiger partial charge in [-0.15, -0.1) is 0 Å². The topological polar surface area (TPSA) is 82.5 Å². The number of hydrogen-bond donors (Lipinski definition) is 2. The molecule has 0 aliphatic rings. The minimum Gasteiger partial charge on any atom is -0.465 e. The fraction of sp³-hybridized carbons (Fsp3) is 0.208. The first-order valence-corrected chi connectivity index (χ1v) is 9.66. The number of rotatable bonds is 5. The van der Waals surface area contributed by atoms with Crippen LogP contribution in [0.15, 0.2) is 79.1 Å². The molecule has 0 radical (unpaired) electrons. The molecule has 0 aliphatic heterocycles. The molecule has 1 aromatic heterocycles. The van der Waals surface area contributed by atoms with Crippen LogP contribution in [0.3, 0.4) is 0 Å². The van der Waals surface area contributed by atoms with E-state index in [0.29, 0.717) is 11.3 Å². The summed E-state index contributed by atoms with van der Waals surface area (Å²) in [4.78, 5) is 30.5. The maximum atomic E-state index is 13.2. The Labute approximate surface area is 176 Å². The number of pyridine rings is 1. The minimum absolute atomic E-state index is 0.407. The normalized spacial score (nSPS) is 12.1. The van der Waals surface area contributed by atoms with Crippen LogP contribution in [-0.4, -0.2) is 32.5 Å². The number of aromatic nitrogens is 1. The fourth-order valence-corrected chi connectivity index (χ4v) is 3.34. The van der Waals surface area contributed by atoms with Crippen molar-refractivity contribution >= 4 is 17.7 Å². The largest absolute Gasteiger partial charge is 0.465 e. The van der Waals surface area contributed by atoms with Gasteiger partial charge in [-0.1, -0.05) is 42.5 Å². The highest BCUT2D eigenvalue weighted by molar-refractivity contribution is 5.97. The van der Waals surface area contributed by atoms with Crippen LogP contribution < -0.4 is 5.32 Å². The molecule has 0 unspecified atom stereocenters. The van der Waals surface area contributed by atoms with E-state index < -0.39 is 23.6 Å². The lowest BCUT2D eigenvalue weighted by atomic mass is 9.97. The van der Waals surface area contributed by atoms with Gasteiger partial charge in [-0.2, -0.15) is 0 Å². The maximum Gasteiger partial charge on any atom is 0.408 e. The fourth-order valence-electron chi connectivity index (χ4n) is 3.34. The van der Waals surface area contributed by atoms with Gasteiger partial charge in [-0.3, -0.25) is 14.7 Å². The van der Waals surface area contributed by atoms with Crippen LogP contribution in [-0.2, 0) is 4.79 Å². The second kappa shape index (κ2) is 8.78. The third-order valence-electron chi connectivity index (χ3n) is 4.72. The van der Waals surface area contributed by atoms with Crippen LogP contribution in [0, 0.1) is 0 Å². The van der Waals surface area contributed by atoms with Crippen LogP contribution in [0.1, 0.15) is 32.4 Å². The summed E-state index contributed by atoms with van der Waals surface area (Å²) in [5.74, 6) is -0.407. The van der Waals surface area contributed by atoms with E-state index in [1.807, 2.05) is 30.3 Å². The SMILES string of the molecule is CC(C)(C)N(C(=O)O)[C@@H](C(=O)Nc1ccc(-c2ccncc2)cc1)c1ccccc1. The second-order valence-electron chi connectivity index (χ2n) is 7.94. The van der Waals surface area contributed by atoms with Crippen molar-refractivity contribution < 1.29 is 14.7 Å². The van der Waals surface area contributed by atoms with Crippen LogP contribution in [0.5, 0.6) is 0 Å². The average Bonchev–Trinajstić information content (AvgIpc) is 2.72. The Balaban J connectivity index is 1.89. The molecule has 0 aliphatic carbocycles. The van der Waals surface area contributed by atoms with Gasteiger partial charge in [0, 0.05) is 23.6 Å². The number of nitrogens with one attached hydrogen (secondary N) is 1. The van der Waals surface area contributed by atoms with Crippen LogP contribution >= 0.6 is 0 Å². The predicted octanol–water partition coefficient (Wildman–Crippen LogP) is 5.21. The molecule has 6 heteroatoms. The van der Waals surface area contributed by atoms with Crippen molar-refractivity contribution in [1.29, 1.82) is 0 Å². The van der Waals surface area contributed by atoms with Crippen LogP contribution in [0.25, 0.3) is 11.1 Å². The lowest BCUT2D eigenvalue weighted by Gasteiger charge is -2.39. The standard InChI is InChI=1S/C24H25N3O3/c1-24(2,3)27(23(29)30)21(19-7-5-4-6-8-19)22(28)26-20-11-9-17(10-12-20)18-13-15-25-16-14-18/h4-16,21H,1-3H3,(H,26,28)(H,29,30)/t21-/m1/s1. The van der Waals surface area contributed by atoms with E-state index in [2.05, 4.69) is 10.3 Å². The quantitative estimate of drug-likeness (QED) is 0.613. The number of amides is 2. The number of hydrogen-bond acceptors (Lipinski definition) is 3. The van der Waals surface area contributed by atoms with Gasteiger partial charge >= 0.3 is 6.09 Å². The summed E-state index contributed by atoms with van der Waals surface area (Å²) in [6.45, 7) is 5.32. The summed E-state index contributed by atoms with van der Waals surface area (Å²) < 4.78 is 0. The molecule has 0 bridgehead atoms. The molecule has 2 aromatic carbocycles. The number of carbonyl (C=O) groups is 2. The zero-order valence-electron chi connectivity index (χ0n) is 17.2. The molecule has 154 valence electrons. The first-order valence-electron chi connectivity index (χ1n) is 9.66. The van der Waals surface area contributed by atoms with Crippen molar-refractivity contribution in [3.63, 3.8) is 0 Å². The second-order valence-corrected chi connectivity index (χ2v) is 7.94. The summed E-state index contributed by atoms with van der Waals surface area (Å²) in [6, 6.07) is 19.2. The highest BCUT2D eigenvalue weighted by atomic mass is 16.4. The van der Waals surface area contributed by atoms with E-state index in [4.69, 9.17) is 0 Å². The van der Waals surface area contributed by atoms with E-state index in [9.17, 15) is 14.7 Å². The van der Waals surface area contributed by atoms with Gasteiger partial charge in [0.25, 0.3) is 5.91 Å². The zero-order valence-corrected chi connectivity index (χ0v) is 17.2. The summed E-state index contributed by atoms with van der Waals surface area (Å²) in [5, 5.41) is 12.7. The third kappa shape index (κ3) is 4.84. The summed E-state index contributed by atoms with van der Waals surface area (Å²) in [6.07, 6.45) is 2.30. The van der Waals surface area contributed by atoms with Gasteiger partial charge in [0.05, 0.1) is 0 Å². The smallest absolute Gasteiger partial charge is 0.408 e. The van der Waals surface area contributed by atoms with E-state index in [-0.39, 0.29) is 0 Å². The van der Waals surface area contributed by atoms with Crippen molar-refractivity contribution in [3.8, 4) is 11.1 Å². The first-order chi connectivity index (χ1) is 14.3.